The summed E-state index contributed by atoms with van der Waals surface area (Å²) in [5.41, 5.74) is 5.55. The minimum absolute atomic E-state index is 0.0556. The molecule has 0 spiro atoms. The van der Waals surface area contributed by atoms with Gasteiger partial charge in [-0.2, -0.15) is 0 Å². The third-order valence-corrected chi connectivity index (χ3v) is 2.60. The summed E-state index contributed by atoms with van der Waals surface area (Å²) in [6.07, 6.45) is 0.445. The molecule has 1 atom stereocenters. The fraction of sp³-hybridized carbons (Fsp3) is 0.333. The third-order valence-electron chi connectivity index (χ3n) is 2.60. The number of nitrogens with one attached hydrogen (secondary N) is 1. The second kappa shape index (κ2) is 6.58. The van der Waals surface area contributed by atoms with E-state index >= 15 is 0 Å². The number of carbonyl (C=O) groups is 1. The van der Waals surface area contributed by atoms with Crippen molar-refractivity contribution in [1.82, 2.24) is 5.32 Å². The number of amidine groups is 1. The monoisotopic (exact) mass is 269 g/mol. The fourth-order valence-electron chi connectivity index (χ4n) is 1.50. The lowest BCUT2D eigenvalue weighted by Crippen LogP contribution is -2.44. The van der Waals surface area contributed by atoms with E-state index in [0.29, 0.717) is 6.42 Å². The number of halogens is 1. The highest BCUT2D eigenvalue weighted by Gasteiger charge is 2.17. The number of oxime groups is 1. The molecule has 1 unspecified atom stereocenters. The van der Waals surface area contributed by atoms with Gasteiger partial charge in [0.25, 0.3) is 5.91 Å². The van der Waals surface area contributed by atoms with Crippen molar-refractivity contribution in [1.29, 1.82) is 0 Å². The van der Waals surface area contributed by atoms with Gasteiger partial charge in [-0.25, -0.2) is 4.39 Å². The lowest BCUT2D eigenvalue weighted by Gasteiger charge is -2.15. The van der Waals surface area contributed by atoms with E-state index < -0.39 is 17.8 Å². The topological polar surface area (TPSA) is 96.9 Å². The smallest absolute Gasteiger partial charge is 0.251 e. The van der Waals surface area contributed by atoms with E-state index in [9.17, 15) is 9.18 Å². The average Bonchev–Trinajstić information content (AvgIpc) is 2.43. The Morgan fingerprint density at radius 3 is 2.79 bits per heavy atom. The van der Waals surface area contributed by atoms with E-state index in [1.807, 2.05) is 0 Å². The zero-order valence-electron chi connectivity index (χ0n) is 10.7. The van der Waals surface area contributed by atoms with Gasteiger partial charge in [0.2, 0.25) is 0 Å². The van der Waals surface area contributed by atoms with Crippen LogP contribution in [0.4, 0.5) is 4.39 Å². The van der Waals surface area contributed by atoms with Crippen molar-refractivity contribution in [3.8, 4) is 5.75 Å². The van der Waals surface area contributed by atoms with Crippen LogP contribution in [0.2, 0.25) is 0 Å². The Hall–Kier alpha value is -2.31. The van der Waals surface area contributed by atoms with E-state index in [-0.39, 0.29) is 17.1 Å². The van der Waals surface area contributed by atoms with E-state index in [2.05, 4.69) is 10.5 Å². The Labute approximate surface area is 110 Å². The van der Waals surface area contributed by atoms with Crippen molar-refractivity contribution >= 4 is 11.7 Å². The summed E-state index contributed by atoms with van der Waals surface area (Å²) in [7, 11) is 1.34. The highest BCUT2D eigenvalue weighted by atomic mass is 19.1. The number of ether oxygens (including phenoxy) is 1. The molecule has 0 heterocycles. The summed E-state index contributed by atoms with van der Waals surface area (Å²) in [5, 5.41) is 13.9. The molecule has 7 heteroatoms. The zero-order valence-corrected chi connectivity index (χ0v) is 10.7. The van der Waals surface area contributed by atoms with Gasteiger partial charge in [-0.05, 0) is 24.6 Å². The largest absolute Gasteiger partial charge is 0.494 e. The quantitative estimate of drug-likeness (QED) is 0.322. The van der Waals surface area contributed by atoms with E-state index in [0.717, 1.165) is 6.07 Å². The first-order chi connectivity index (χ1) is 9.03. The minimum atomic E-state index is -0.632. The molecular formula is C12H16FN3O3. The number of hydrogen-bond acceptors (Lipinski definition) is 4. The number of amides is 1. The van der Waals surface area contributed by atoms with Crippen LogP contribution >= 0.6 is 0 Å². The number of rotatable bonds is 5. The number of methoxy groups -OCH3 is 1. The van der Waals surface area contributed by atoms with Gasteiger partial charge in [-0.1, -0.05) is 12.1 Å². The van der Waals surface area contributed by atoms with Gasteiger partial charge in [0.05, 0.1) is 13.2 Å². The van der Waals surface area contributed by atoms with Gasteiger partial charge in [-0.3, -0.25) is 4.79 Å². The molecule has 0 aliphatic carbocycles. The Morgan fingerprint density at radius 2 is 2.32 bits per heavy atom. The maximum Gasteiger partial charge on any atom is 0.251 e. The minimum Gasteiger partial charge on any atom is -0.494 e. The summed E-state index contributed by atoms with van der Waals surface area (Å²) in [4.78, 5) is 11.9. The number of carbonyl (C=O) groups excluding carboxylic acids is 1. The predicted molar refractivity (Wildman–Crippen MR) is 67.9 cm³/mol. The molecule has 1 aromatic carbocycles. The molecule has 0 aromatic heterocycles. The standard InChI is InChI=1S/C12H16FN3O3/c1-3-9(11(14)16-18)15-12(17)7-4-5-10(19-2)8(13)6-7/h4-6,9,18H,3H2,1-2H3,(H2,14,16)(H,15,17). The molecule has 4 N–H and O–H groups in total. The first-order valence-corrected chi connectivity index (χ1v) is 5.65. The molecule has 0 bridgehead atoms. The fourth-order valence-corrected chi connectivity index (χ4v) is 1.50. The van der Waals surface area contributed by atoms with Gasteiger partial charge < -0.3 is 21.0 Å². The molecule has 1 amide bonds. The molecule has 6 nitrogen and oxygen atoms in total. The Morgan fingerprint density at radius 1 is 1.63 bits per heavy atom. The number of nitrogens with two attached hydrogens (primary N) is 1. The lowest BCUT2D eigenvalue weighted by atomic mass is 10.1. The van der Waals surface area contributed by atoms with Crippen molar-refractivity contribution in [2.45, 2.75) is 19.4 Å². The number of benzene rings is 1. The molecule has 104 valence electrons. The highest BCUT2D eigenvalue weighted by molar-refractivity contribution is 5.98. The van der Waals surface area contributed by atoms with Crippen LogP contribution in [0.3, 0.4) is 0 Å². The Bertz CT molecular complexity index is 491. The van der Waals surface area contributed by atoms with Crippen LogP contribution in [0.1, 0.15) is 23.7 Å². The van der Waals surface area contributed by atoms with Gasteiger partial charge in [-0.15, -0.1) is 0 Å². The van der Waals surface area contributed by atoms with E-state index in [1.54, 1.807) is 6.92 Å². The van der Waals surface area contributed by atoms with Crippen molar-refractivity contribution < 1.29 is 19.1 Å². The van der Waals surface area contributed by atoms with Crippen LogP contribution in [0, 0.1) is 5.82 Å². The molecular weight excluding hydrogens is 253 g/mol. The van der Waals surface area contributed by atoms with Gasteiger partial charge in [0.1, 0.15) is 0 Å². The van der Waals surface area contributed by atoms with Crippen molar-refractivity contribution in [3.05, 3.63) is 29.6 Å². The second-order valence-electron chi connectivity index (χ2n) is 3.81. The van der Waals surface area contributed by atoms with Crippen molar-refractivity contribution in [2.24, 2.45) is 10.9 Å². The van der Waals surface area contributed by atoms with Gasteiger partial charge in [0.15, 0.2) is 17.4 Å². The summed E-state index contributed by atoms with van der Waals surface area (Å²) in [5.74, 6) is -1.20. The van der Waals surface area contributed by atoms with Gasteiger partial charge >= 0.3 is 0 Å². The first-order valence-electron chi connectivity index (χ1n) is 5.65. The number of hydrogen-bond donors (Lipinski definition) is 3. The lowest BCUT2D eigenvalue weighted by molar-refractivity contribution is 0.0945. The van der Waals surface area contributed by atoms with Crippen LogP contribution in [0.15, 0.2) is 23.4 Å². The van der Waals surface area contributed by atoms with Crippen LogP contribution in [-0.2, 0) is 0 Å². The maximum absolute atomic E-state index is 13.5. The maximum atomic E-state index is 13.5. The summed E-state index contributed by atoms with van der Waals surface area (Å²) in [6, 6.07) is 3.24. The van der Waals surface area contributed by atoms with Gasteiger partial charge in [0, 0.05) is 5.56 Å². The summed E-state index contributed by atoms with van der Waals surface area (Å²) in [6.45, 7) is 1.76. The molecule has 0 saturated carbocycles. The van der Waals surface area contributed by atoms with Crippen LogP contribution in [0.5, 0.6) is 5.75 Å². The molecule has 1 rings (SSSR count). The zero-order chi connectivity index (χ0) is 14.4. The molecule has 0 saturated heterocycles. The molecule has 0 aliphatic rings. The highest BCUT2D eigenvalue weighted by Crippen LogP contribution is 2.17. The molecule has 0 radical (unpaired) electrons. The van der Waals surface area contributed by atoms with Crippen molar-refractivity contribution in [2.75, 3.05) is 7.11 Å². The molecule has 1 aromatic rings. The van der Waals surface area contributed by atoms with Crippen LogP contribution < -0.4 is 15.8 Å². The SMILES string of the molecule is CCC(NC(=O)c1ccc(OC)c(F)c1)C(N)=NO. The van der Waals surface area contributed by atoms with Crippen LogP contribution in [-0.4, -0.2) is 30.1 Å². The Kier molecular flexibility index (Phi) is 5.11. The van der Waals surface area contributed by atoms with Crippen LogP contribution in [0.25, 0.3) is 0 Å². The predicted octanol–water partition coefficient (Wildman–Crippen LogP) is 1.09. The molecule has 19 heavy (non-hydrogen) atoms. The van der Waals surface area contributed by atoms with E-state index in [4.69, 9.17) is 15.7 Å². The molecule has 0 aliphatic heterocycles. The Balaban J connectivity index is 2.86. The average molecular weight is 269 g/mol. The van der Waals surface area contributed by atoms with Crippen molar-refractivity contribution in [3.63, 3.8) is 0 Å². The third kappa shape index (κ3) is 3.57. The number of nitrogens with zero attached hydrogens (tertiary/aromatic N) is 1. The summed E-state index contributed by atoms with van der Waals surface area (Å²) < 4.78 is 18.2. The summed E-state index contributed by atoms with van der Waals surface area (Å²) >= 11 is 0. The van der Waals surface area contributed by atoms with E-state index in [1.165, 1.54) is 19.2 Å². The normalized spacial score (nSPS) is 12.9. The first kappa shape index (κ1) is 14.7. The molecule has 0 fully saturated rings. The second-order valence-corrected chi connectivity index (χ2v) is 3.81.